The summed E-state index contributed by atoms with van der Waals surface area (Å²) in [6.07, 6.45) is 7.36. The summed E-state index contributed by atoms with van der Waals surface area (Å²) in [5.74, 6) is 0. The molecule has 0 aromatic rings. The molecular formula is C14H30OTi. The molecule has 0 atom stereocenters. The molecule has 0 spiro atoms. The van der Waals surface area contributed by atoms with Gasteiger partial charge in [-0.15, -0.1) is 0 Å². The Bertz CT molecular complexity index is 146. The van der Waals surface area contributed by atoms with Crippen LogP contribution in [0, 0.1) is 0 Å². The minimum Gasteiger partial charge on any atom is -0.370 e. The fourth-order valence-electron chi connectivity index (χ4n) is 2.06. The maximum atomic E-state index is 6.23. The predicted octanol–water partition coefficient (Wildman–Crippen LogP) is 4.94. The molecule has 96 valence electrons. The molecule has 1 nitrogen and oxygen atoms in total. The molecule has 0 aromatic heterocycles. The maximum Gasteiger partial charge on any atom is 0.0633 e. The SMILES string of the molecule is CCCCC(C)(C)OC(C)(C)CCCC.[Ti]. The summed E-state index contributed by atoms with van der Waals surface area (Å²) in [5.41, 5.74) is 0.0699. The van der Waals surface area contributed by atoms with E-state index in [4.69, 9.17) is 4.74 Å². The Morgan fingerprint density at radius 1 is 0.750 bits per heavy atom. The van der Waals surface area contributed by atoms with Crippen molar-refractivity contribution < 1.29 is 26.5 Å². The van der Waals surface area contributed by atoms with Crippen molar-refractivity contribution in [3.8, 4) is 0 Å². The fourth-order valence-corrected chi connectivity index (χ4v) is 2.06. The van der Waals surface area contributed by atoms with Gasteiger partial charge >= 0.3 is 0 Å². The summed E-state index contributed by atoms with van der Waals surface area (Å²) < 4.78 is 6.23. The van der Waals surface area contributed by atoms with E-state index in [0.717, 1.165) is 0 Å². The molecule has 0 heterocycles. The second-order valence-electron chi connectivity index (χ2n) is 5.83. The van der Waals surface area contributed by atoms with Crippen molar-refractivity contribution in [2.45, 2.75) is 91.3 Å². The Labute approximate surface area is 118 Å². The Morgan fingerprint density at radius 3 is 1.31 bits per heavy atom. The van der Waals surface area contributed by atoms with Crippen molar-refractivity contribution in [2.24, 2.45) is 0 Å². The van der Waals surface area contributed by atoms with Crippen LogP contribution in [0.4, 0.5) is 0 Å². The molecule has 0 amide bonds. The molecule has 0 saturated carbocycles. The summed E-state index contributed by atoms with van der Waals surface area (Å²) in [5, 5.41) is 0. The third-order valence-electron chi connectivity index (χ3n) is 2.82. The molecule has 0 unspecified atom stereocenters. The van der Waals surface area contributed by atoms with Crippen LogP contribution in [0.1, 0.15) is 80.1 Å². The van der Waals surface area contributed by atoms with E-state index in [-0.39, 0.29) is 32.9 Å². The molecule has 0 fully saturated rings. The van der Waals surface area contributed by atoms with Crippen LogP contribution in [-0.4, -0.2) is 11.2 Å². The van der Waals surface area contributed by atoms with E-state index in [2.05, 4.69) is 41.5 Å². The van der Waals surface area contributed by atoms with Crippen molar-refractivity contribution >= 4 is 0 Å². The molecule has 0 aliphatic rings. The van der Waals surface area contributed by atoms with Gasteiger partial charge in [0.1, 0.15) is 0 Å². The monoisotopic (exact) mass is 262 g/mol. The van der Waals surface area contributed by atoms with Gasteiger partial charge in [0, 0.05) is 21.7 Å². The molecule has 0 aromatic carbocycles. The van der Waals surface area contributed by atoms with Gasteiger partial charge < -0.3 is 4.74 Å². The summed E-state index contributed by atoms with van der Waals surface area (Å²) in [6.45, 7) is 13.3. The second kappa shape index (κ2) is 8.72. The third kappa shape index (κ3) is 9.87. The minimum absolute atomic E-state index is 0. The normalized spacial score (nSPS) is 12.4. The number of hydrogen-bond donors (Lipinski definition) is 0. The standard InChI is InChI=1S/C14H30O.Ti/c1-7-9-11-13(3,4)15-14(5,6)12-10-8-2;/h7-12H2,1-6H3;. The molecule has 0 bridgehead atoms. The van der Waals surface area contributed by atoms with E-state index in [1.165, 1.54) is 38.5 Å². The average Bonchev–Trinajstić information content (AvgIpc) is 2.10. The number of ether oxygens (including phenoxy) is 1. The molecular weight excluding hydrogens is 232 g/mol. The Balaban J connectivity index is 0. The van der Waals surface area contributed by atoms with Crippen molar-refractivity contribution in [1.29, 1.82) is 0 Å². The largest absolute Gasteiger partial charge is 0.370 e. The summed E-state index contributed by atoms with van der Waals surface area (Å²) >= 11 is 0. The first kappa shape index (κ1) is 19.0. The Morgan fingerprint density at radius 2 is 1.06 bits per heavy atom. The molecule has 0 rings (SSSR count). The van der Waals surface area contributed by atoms with Gasteiger partial charge in [-0.25, -0.2) is 0 Å². The van der Waals surface area contributed by atoms with Crippen molar-refractivity contribution in [2.75, 3.05) is 0 Å². The van der Waals surface area contributed by atoms with Gasteiger partial charge in [0.15, 0.2) is 0 Å². The second-order valence-corrected chi connectivity index (χ2v) is 5.83. The summed E-state index contributed by atoms with van der Waals surface area (Å²) in [4.78, 5) is 0. The Hall–Kier alpha value is 0.674. The maximum absolute atomic E-state index is 6.23. The molecule has 0 aliphatic carbocycles. The van der Waals surface area contributed by atoms with Crippen LogP contribution in [0.15, 0.2) is 0 Å². The van der Waals surface area contributed by atoms with E-state index < -0.39 is 0 Å². The van der Waals surface area contributed by atoms with Crippen molar-refractivity contribution in [1.82, 2.24) is 0 Å². The van der Waals surface area contributed by atoms with Crippen LogP contribution < -0.4 is 0 Å². The quantitative estimate of drug-likeness (QED) is 0.563. The van der Waals surface area contributed by atoms with Gasteiger partial charge in [-0.1, -0.05) is 39.5 Å². The van der Waals surface area contributed by atoms with Gasteiger partial charge in [0.2, 0.25) is 0 Å². The van der Waals surface area contributed by atoms with E-state index in [0.29, 0.717) is 0 Å². The van der Waals surface area contributed by atoms with E-state index >= 15 is 0 Å². The molecule has 0 N–H and O–H groups in total. The average molecular weight is 262 g/mol. The van der Waals surface area contributed by atoms with Crippen LogP contribution in [0.5, 0.6) is 0 Å². The summed E-state index contributed by atoms with van der Waals surface area (Å²) in [6, 6.07) is 0. The third-order valence-corrected chi connectivity index (χ3v) is 2.82. The first-order chi connectivity index (χ1) is 6.83. The van der Waals surface area contributed by atoms with Crippen LogP contribution >= 0.6 is 0 Å². The first-order valence-electron chi connectivity index (χ1n) is 6.53. The Kier molecular flexibility index (Phi) is 10.4. The van der Waals surface area contributed by atoms with Gasteiger partial charge in [0.05, 0.1) is 11.2 Å². The van der Waals surface area contributed by atoms with Gasteiger partial charge in [0.25, 0.3) is 0 Å². The first-order valence-corrected chi connectivity index (χ1v) is 6.53. The molecule has 0 saturated heterocycles. The van der Waals surface area contributed by atoms with Gasteiger partial charge in [-0.05, 0) is 40.5 Å². The number of hydrogen-bond acceptors (Lipinski definition) is 1. The van der Waals surface area contributed by atoms with E-state index in [1.54, 1.807) is 0 Å². The van der Waals surface area contributed by atoms with Gasteiger partial charge in [-0.2, -0.15) is 0 Å². The topological polar surface area (TPSA) is 9.23 Å². The zero-order valence-electron chi connectivity index (χ0n) is 12.2. The van der Waals surface area contributed by atoms with E-state index in [1.807, 2.05) is 0 Å². The van der Waals surface area contributed by atoms with Crippen LogP contribution in [0.25, 0.3) is 0 Å². The molecule has 0 radical (unpaired) electrons. The van der Waals surface area contributed by atoms with Crippen molar-refractivity contribution in [3.05, 3.63) is 0 Å². The summed E-state index contributed by atoms with van der Waals surface area (Å²) in [7, 11) is 0. The molecule has 16 heavy (non-hydrogen) atoms. The minimum atomic E-state index is 0. The van der Waals surface area contributed by atoms with Crippen LogP contribution in [-0.2, 0) is 26.5 Å². The predicted molar refractivity (Wildman–Crippen MR) is 68.3 cm³/mol. The van der Waals surface area contributed by atoms with Crippen LogP contribution in [0.3, 0.4) is 0 Å². The number of rotatable bonds is 8. The number of unbranched alkanes of at least 4 members (excludes halogenated alkanes) is 2. The smallest absolute Gasteiger partial charge is 0.0633 e. The molecule has 2 heteroatoms. The zero-order chi connectivity index (χ0) is 11.9. The van der Waals surface area contributed by atoms with E-state index in [9.17, 15) is 0 Å². The van der Waals surface area contributed by atoms with Gasteiger partial charge in [-0.3, -0.25) is 0 Å². The van der Waals surface area contributed by atoms with Crippen LogP contribution in [0.2, 0.25) is 0 Å². The van der Waals surface area contributed by atoms with Crippen molar-refractivity contribution in [3.63, 3.8) is 0 Å². The fraction of sp³-hybridized carbons (Fsp3) is 1.00. The molecule has 0 aliphatic heterocycles. The zero-order valence-corrected chi connectivity index (χ0v) is 13.7.